The van der Waals surface area contributed by atoms with Gasteiger partial charge in [0.25, 0.3) is 5.56 Å². The van der Waals surface area contributed by atoms with Crippen molar-refractivity contribution in [1.82, 2.24) is 26.1 Å². The fraction of sp³-hybridized carbons (Fsp3) is 0.438. The van der Waals surface area contributed by atoms with Crippen LogP contribution in [-0.4, -0.2) is 34.0 Å². The molecule has 1 aliphatic heterocycles. The van der Waals surface area contributed by atoms with Gasteiger partial charge in [0, 0.05) is 24.9 Å². The molecule has 1 aromatic heterocycles. The Balaban J connectivity index is 1.64. The Bertz CT molecular complexity index is 762. The van der Waals surface area contributed by atoms with Crippen molar-refractivity contribution in [2.75, 3.05) is 0 Å². The Morgan fingerprint density at radius 2 is 1.91 bits per heavy atom. The van der Waals surface area contributed by atoms with Gasteiger partial charge >= 0.3 is 0 Å². The van der Waals surface area contributed by atoms with Gasteiger partial charge in [0.05, 0.1) is 16.9 Å². The molecule has 0 saturated carbocycles. The standard InChI is InChI=1S/C16H21N5O2/c1-9-15(10(2)21-20-9)19-14(22)8-7-13-17-12-6-4-3-5-11(12)16(23)18-13/h3-6,9-10,15,20-21H,7-8H2,1-2H3,(H,19,22)(H,17,18,23). The zero-order valence-electron chi connectivity index (χ0n) is 13.2. The number of para-hydroxylation sites is 1. The first-order chi connectivity index (χ1) is 11.0. The molecule has 2 heterocycles. The average molecular weight is 315 g/mol. The van der Waals surface area contributed by atoms with Gasteiger partial charge < -0.3 is 10.3 Å². The molecule has 2 unspecified atom stereocenters. The van der Waals surface area contributed by atoms with E-state index in [2.05, 4.69) is 26.1 Å². The lowest BCUT2D eigenvalue weighted by Crippen LogP contribution is -2.46. The number of hydrogen-bond donors (Lipinski definition) is 4. The van der Waals surface area contributed by atoms with Gasteiger partial charge in [0.15, 0.2) is 0 Å². The van der Waals surface area contributed by atoms with Crippen LogP contribution in [-0.2, 0) is 11.2 Å². The first-order valence-electron chi connectivity index (χ1n) is 7.83. The molecule has 7 nitrogen and oxygen atoms in total. The lowest BCUT2D eigenvalue weighted by Gasteiger charge is -2.19. The molecule has 4 N–H and O–H groups in total. The molecule has 1 aromatic carbocycles. The van der Waals surface area contributed by atoms with E-state index in [1.807, 2.05) is 19.9 Å². The minimum absolute atomic E-state index is 0.0463. The van der Waals surface area contributed by atoms with Crippen LogP contribution < -0.4 is 21.7 Å². The summed E-state index contributed by atoms with van der Waals surface area (Å²) in [6, 6.07) is 7.58. The summed E-state index contributed by atoms with van der Waals surface area (Å²) < 4.78 is 0. The highest BCUT2D eigenvalue weighted by atomic mass is 16.1. The van der Waals surface area contributed by atoms with Gasteiger partial charge in [-0.25, -0.2) is 4.98 Å². The van der Waals surface area contributed by atoms with Crippen LogP contribution in [0.1, 0.15) is 26.1 Å². The van der Waals surface area contributed by atoms with Crippen molar-refractivity contribution >= 4 is 16.8 Å². The van der Waals surface area contributed by atoms with Gasteiger partial charge in [-0.3, -0.25) is 20.4 Å². The fourth-order valence-corrected chi connectivity index (χ4v) is 2.87. The van der Waals surface area contributed by atoms with Gasteiger partial charge in [-0.1, -0.05) is 12.1 Å². The van der Waals surface area contributed by atoms with E-state index in [1.165, 1.54) is 0 Å². The second-order valence-corrected chi connectivity index (χ2v) is 5.99. The quantitative estimate of drug-likeness (QED) is 0.647. The highest BCUT2D eigenvalue weighted by molar-refractivity contribution is 5.78. The highest BCUT2D eigenvalue weighted by Gasteiger charge is 2.30. The number of carbonyl (C=O) groups is 1. The number of nitrogens with zero attached hydrogens (tertiary/aromatic N) is 1. The molecule has 3 rings (SSSR count). The SMILES string of the molecule is CC1NNC(C)C1NC(=O)CCc1nc2ccccc2c(=O)[nH]1. The smallest absolute Gasteiger partial charge is 0.258 e. The zero-order chi connectivity index (χ0) is 16.4. The largest absolute Gasteiger partial charge is 0.350 e. The molecular formula is C16H21N5O2. The van der Waals surface area contributed by atoms with Crippen molar-refractivity contribution < 1.29 is 4.79 Å². The van der Waals surface area contributed by atoms with Gasteiger partial charge in [0.2, 0.25) is 5.91 Å². The van der Waals surface area contributed by atoms with Crippen molar-refractivity contribution in [1.29, 1.82) is 0 Å². The summed E-state index contributed by atoms with van der Waals surface area (Å²) in [7, 11) is 0. The van der Waals surface area contributed by atoms with Crippen LogP contribution in [0.5, 0.6) is 0 Å². The monoisotopic (exact) mass is 315 g/mol. The lowest BCUT2D eigenvalue weighted by atomic mass is 10.1. The second kappa shape index (κ2) is 6.47. The predicted octanol–water partition coefficient (Wildman–Crippen LogP) is 0.225. The van der Waals surface area contributed by atoms with Crippen molar-refractivity contribution in [3.8, 4) is 0 Å². The molecule has 122 valence electrons. The zero-order valence-corrected chi connectivity index (χ0v) is 13.2. The average Bonchev–Trinajstić information content (AvgIpc) is 2.85. The third kappa shape index (κ3) is 3.40. The van der Waals surface area contributed by atoms with Gasteiger partial charge in [-0.15, -0.1) is 0 Å². The Labute approximate surface area is 133 Å². The molecule has 1 amide bonds. The molecule has 0 spiro atoms. The third-order valence-electron chi connectivity index (χ3n) is 4.19. The molecule has 7 heteroatoms. The van der Waals surface area contributed by atoms with Crippen LogP contribution in [0.3, 0.4) is 0 Å². The molecule has 0 aliphatic carbocycles. The molecule has 1 aliphatic rings. The number of hydrogen-bond acceptors (Lipinski definition) is 5. The summed E-state index contributed by atoms with van der Waals surface area (Å²) in [5.41, 5.74) is 6.68. The van der Waals surface area contributed by atoms with Crippen LogP contribution >= 0.6 is 0 Å². The van der Waals surface area contributed by atoms with Crippen molar-refractivity contribution in [2.24, 2.45) is 0 Å². The molecule has 2 atom stereocenters. The van der Waals surface area contributed by atoms with Gasteiger partial charge in [0.1, 0.15) is 5.82 Å². The summed E-state index contributed by atoms with van der Waals surface area (Å²) in [5.74, 6) is 0.489. The number of benzene rings is 1. The second-order valence-electron chi connectivity index (χ2n) is 5.99. The van der Waals surface area contributed by atoms with E-state index in [-0.39, 0.29) is 36.0 Å². The summed E-state index contributed by atoms with van der Waals surface area (Å²) in [4.78, 5) is 31.3. The fourth-order valence-electron chi connectivity index (χ4n) is 2.87. The van der Waals surface area contributed by atoms with Crippen LogP contribution in [0.25, 0.3) is 10.9 Å². The Kier molecular flexibility index (Phi) is 4.40. The summed E-state index contributed by atoms with van der Waals surface area (Å²) >= 11 is 0. The van der Waals surface area contributed by atoms with Crippen LogP contribution in [0.2, 0.25) is 0 Å². The van der Waals surface area contributed by atoms with E-state index in [4.69, 9.17) is 0 Å². The molecular weight excluding hydrogens is 294 g/mol. The van der Waals surface area contributed by atoms with Gasteiger partial charge in [-0.2, -0.15) is 0 Å². The Morgan fingerprint density at radius 3 is 2.65 bits per heavy atom. The molecule has 0 radical (unpaired) electrons. The van der Waals surface area contributed by atoms with E-state index in [9.17, 15) is 9.59 Å². The predicted molar refractivity (Wildman–Crippen MR) is 87.8 cm³/mol. The molecule has 1 saturated heterocycles. The Morgan fingerprint density at radius 1 is 1.22 bits per heavy atom. The summed E-state index contributed by atoms with van der Waals surface area (Å²) in [6.45, 7) is 4.04. The van der Waals surface area contributed by atoms with Crippen LogP contribution in [0.15, 0.2) is 29.1 Å². The maximum atomic E-state index is 12.1. The van der Waals surface area contributed by atoms with Crippen molar-refractivity contribution in [2.45, 2.75) is 44.8 Å². The van der Waals surface area contributed by atoms with Crippen LogP contribution in [0, 0.1) is 0 Å². The number of fused-ring (bicyclic) bond motifs is 1. The normalized spacial score (nSPS) is 24.0. The molecule has 1 fully saturated rings. The number of aryl methyl sites for hydroxylation is 1. The molecule has 23 heavy (non-hydrogen) atoms. The minimum Gasteiger partial charge on any atom is -0.350 e. The maximum absolute atomic E-state index is 12.1. The maximum Gasteiger partial charge on any atom is 0.258 e. The van der Waals surface area contributed by atoms with Crippen LogP contribution in [0.4, 0.5) is 0 Å². The highest BCUT2D eigenvalue weighted by Crippen LogP contribution is 2.08. The number of nitrogens with one attached hydrogen (secondary N) is 4. The number of amides is 1. The van der Waals surface area contributed by atoms with E-state index in [1.54, 1.807) is 18.2 Å². The van der Waals surface area contributed by atoms with Crippen molar-refractivity contribution in [3.05, 3.63) is 40.4 Å². The number of rotatable bonds is 4. The van der Waals surface area contributed by atoms with E-state index in [0.29, 0.717) is 23.1 Å². The van der Waals surface area contributed by atoms with Crippen molar-refractivity contribution in [3.63, 3.8) is 0 Å². The Hall–Kier alpha value is -2.25. The topological polar surface area (TPSA) is 98.9 Å². The summed E-state index contributed by atoms with van der Waals surface area (Å²) in [6.07, 6.45) is 0.694. The van der Waals surface area contributed by atoms with E-state index < -0.39 is 0 Å². The first kappa shape index (κ1) is 15.6. The molecule has 0 bridgehead atoms. The number of aromatic amines is 1. The number of aromatic nitrogens is 2. The minimum atomic E-state index is -0.169. The summed E-state index contributed by atoms with van der Waals surface area (Å²) in [5, 5.41) is 3.58. The lowest BCUT2D eigenvalue weighted by molar-refractivity contribution is -0.121. The van der Waals surface area contributed by atoms with E-state index in [0.717, 1.165) is 0 Å². The first-order valence-corrected chi connectivity index (χ1v) is 7.83. The third-order valence-corrected chi connectivity index (χ3v) is 4.19. The number of hydrazine groups is 1. The van der Waals surface area contributed by atoms with Gasteiger partial charge in [-0.05, 0) is 26.0 Å². The number of carbonyl (C=O) groups excluding carboxylic acids is 1. The molecule has 2 aromatic rings. The van der Waals surface area contributed by atoms with E-state index >= 15 is 0 Å². The number of H-pyrrole nitrogens is 1.